The van der Waals surface area contributed by atoms with E-state index in [0.717, 1.165) is 33.2 Å². The lowest BCUT2D eigenvalue weighted by atomic mass is 9.70. The van der Waals surface area contributed by atoms with Crippen LogP contribution in [0.5, 0.6) is 0 Å². The Balaban J connectivity index is 0.000000308. The van der Waals surface area contributed by atoms with Gasteiger partial charge in [-0.2, -0.15) is 0 Å². The van der Waals surface area contributed by atoms with Crippen molar-refractivity contribution in [3.63, 3.8) is 0 Å². The van der Waals surface area contributed by atoms with Crippen LogP contribution in [0, 0.1) is 0 Å². The van der Waals surface area contributed by atoms with Crippen LogP contribution in [0.25, 0.3) is 40.3 Å². The van der Waals surface area contributed by atoms with Crippen LogP contribution < -0.4 is 28.9 Å². The maximum Gasteiger partial charge on any atom is 0.496 e. The molecule has 2 aromatic carbocycles. The van der Waals surface area contributed by atoms with Crippen LogP contribution in [0.4, 0.5) is 0 Å². The first-order valence-electron chi connectivity index (χ1n) is 34.1. The Morgan fingerprint density at radius 3 is 0.705 bits per heavy atom. The van der Waals surface area contributed by atoms with Gasteiger partial charge in [0, 0.05) is 154 Å². The smallest absolute Gasteiger partial charge is 0.399 e. The van der Waals surface area contributed by atoms with Gasteiger partial charge in [-0.05, 0) is 198 Å². The van der Waals surface area contributed by atoms with Crippen LogP contribution in [0.3, 0.4) is 0 Å². The first-order valence-corrected chi connectivity index (χ1v) is 60.9. The third-order valence-electron chi connectivity index (χ3n) is 23.0. The van der Waals surface area contributed by atoms with Gasteiger partial charge in [0.25, 0.3) is 0 Å². The van der Waals surface area contributed by atoms with Crippen molar-refractivity contribution in [3.8, 4) is 0 Å². The zero-order valence-electron chi connectivity index (χ0n) is 63.1. The third-order valence-corrected chi connectivity index (χ3v) is 74.8. The number of rotatable bonds is 18. The van der Waals surface area contributed by atoms with Gasteiger partial charge in [0.15, 0.2) is 0 Å². The predicted octanol–water partition coefficient (Wildman–Crippen LogP) is 20.3. The molecule has 4 nitrogen and oxygen atoms in total. The maximum atomic E-state index is 7.02. The van der Waals surface area contributed by atoms with Crippen molar-refractivity contribution < 1.29 is 18.6 Å². The molecule has 0 bridgehead atoms. The normalized spacial score (nSPS) is 16.6. The van der Waals surface area contributed by atoms with E-state index in [9.17, 15) is 0 Å². The van der Waals surface area contributed by atoms with E-state index in [1.165, 1.54) is 105 Å². The summed E-state index contributed by atoms with van der Waals surface area (Å²) < 4.78 is 40.3. The van der Waals surface area contributed by atoms with Crippen LogP contribution in [0.15, 0.2) is 36.4 Å². The Morgan fingerprint density at radius 1 is 0.305 bits per heavy atom. The van der Waals surface area contributed by atoms with E-state index in [4.69, 9.17) is 18.6 Å². The first kappa shape index (κ1) is 87.6. The molecule has 0 N–H and O–H groups in total. The second-order valence-corrected chi connectivity index (χ2v) is 77.2. The van der Waals surface area contributed by atoms with Crippen LogP contribution >= 0.6 is 45.3 Å². The van der Waals surface area contributed by atoms with Crippen molar-refractivity contribution >= 4 is 286 Å². The molecule has 0 radical (unpaired) electrons. The maximum absolute atomic E-state index is 7.02. The van der Waals surface area contributed by atoms with Crippen molar-refractivity contribution in [1.29, 1.82) is 0 Å². The highest BCUT2D eigenvalue weighted by Gasteiger charge is 2.57. The second kappa shape index (κ2) is 35.1. The van der Waals surface area contributed by atoms with Gasteiger partial charge in [-0.25, -0.2) is 0 Å². The summed E-state index contributed by atoms with van der Waals surface area (Å²) >= 11 is 26.5. The molecule has 6 heterocycles. The number of hydrogen-bond donors (Lipinski definition) is 0. The largest absolute Gasteiger partial charge is 0.496 e. The van der Waals surface area contributed by atoms with Crippen LogP contribution in [0.1, 0.15) is 222 Å². The fraction of sp³-hybridized carbons (Fsp3) is 0.706. The van der Waals surface area contributed by atoms with E-state index < -0.39 is 68.9 Å². The number of benzene rings is 2. The van der Waals surface area contributed by atoms with Gasteiger partial charge in [-0.1, -0.05) is 166 Å². The highest BCUT2D eigenvalue weighted by atomic mass is 33.4. The zero-order valence-corrected chi connectivity index (χ0v) is 81.0. The van der Waals surface area contributed by atoms with E-state index in [-0.39, 0.29) is 0 Å². The molecule has 2 aliphatic heterocycles. The quantitative estimate of drug-likeness (QED) is 0.0788. The van der Waals surface area contributed by atoms with Crippen molar-refractivity contribution in [3.05, 3.63) is 36.4 Å². The highest BCUT2D eigenvalue weighted by Crippen LogP contribution is 2.50. The van der Waals surface area contributed by atoms with Crippen LogP contribution in [-0.2, 0) is 143 Å². The molecule has 0 unspecified atom stereocenters. The van der Waals surface area contributed by atoms with E-state index in [1.54, 1.807) is 44.6 Å². The Kier molecular flexibility index (Phi) is 32.4. The average molecular weight is 1670 g/mol. The Morgan fingerprint density at radius 2 is 0.505 bits per heavy atom. The summed E-state index contributed by atoms with van der Waals surface area (Å²) in [6.07, 6.45) is 0. The van der Waals surface area contributed by atoms with Gasteiger partial charge in [0.2, 0.25) is 0 Å². The molecule has 6 aromatic rings. The minimum Gasteiger partial charge on any atom is -0.399 e. The summed E-state index contributed by atoms with van der Waals surface area (Å²) in [6.45, 7) is 76.9. The van der Waals surface area contributed by atoms with Gasteiger partial charge in [0.05, 0.1) is 22.4 Å². The van der Waals surface area contributed by atoms with Gasteiger partial charge in [-0.3, -0.25) is 0 Å². The molecule has 2 saturated heterocycles. The molecule has 2 fully saturated rings. The van der Waals surface area contributed by atoms with Crippen LogP contribution in [-0.4, -0.2) is 68.9 Å². The second-order valence-electron chi connectivity index (χ2n) is 32.1. The molecule has 0 atom stereocenters. The number of thiophene rings is 4. The lowest BCUT2D eigenvalue weighted by Gasteiger charge is -2.42. The molecule has 8 rings (SSSR count). The minimum atomic E-state index is -2.00. The molecule has 2 aliphatic rings. The molecule has 95 heavy (non-hydrogen) atoms. The summed E-state index contributed by atoms with van der Waals surface area (Å²) in [6, 6.07) is 15.4. The van der Waals surface area contributed by atoms with Crippen LogP contribution in [0.2, 0.25) is 66.5 Å². The zero-order chi connectivity index (χ0) is 72.4. The highest BCUT2D eigenvalue weighted by molar-refractivity contribution is 8.68. The number of fused-ring (bicyclic) bond motifs is 4. The summed E-state index contributed by atoms with van der Waals surface area (Å²) in [5.74, 6) is 0. The molecule has 0 aliphatic carbocycles. The summed E-state index contributed by atoms with van der Waals surface area (Å²) in [5, 5.41) is 5.52. The van der Waals surface area contributed by atoms with Crippen molar-refractivity contribution in [1.82, 2.24) is 0 Å². The Bertz CT molecular complexity index is 3590. The fourth-order valence-corrected chi connectivity index (χ4v) is 72.5. The number of hydrogen-bond acceptors (Lipinski definition) is 12. The van der Waals surface area contributed by atoms with E-state index >= 15 is 0 Å². The molecular weight excluding hydrogens is 1560 g/mol. The van der Waals surface area contributed by atoms with E-state index in [0.29, 0.717) is 33.2 Å². The monoisotopic (exact) mass is 1670 g/mol. The molecule has 0 saturated carbocycles. The summed E-state index contributed by atoms with van der Waals surface area (Å²) in [7, 11) is 4.87. The lowest BCUT2D eigenvalue weighted by Crippen LogP contribution is -2.54. The third kappa shape index (κ3) is 17.0. The molecule has 534 valence electrons. The lowest BCUT2D eigenvalue weighted by molar-refractivity contribution is 0.00578. The van der Waals surface area contributed by atoms with Crippen molar-refractivity contribution in [2.24, 2.45) is 0 Å². The Labute approximate surface area is 643 Å². The molecule has 4 aromatic heterocycles. The SMILES string of the molecule is CC(C)[Si](c1cc2c(B3OC(C)(C)C(C)(C)O3)c3sc([Si](C(C)C)(C(C)C)C(C)C)cc3c(B3OC(C)(C)C(C)(C)O3)c2s1)(C(C)C)C(C)C.CC(C)[Si](c1cc2cc3sc([Si](C(C)C)(C(C)C)C(C)C)cc3cc2s1)(C(C)C)C(C)C.S=S=S=S=S=S.S=S=S=S=S=S=S. The van der Waals surface area contributed by atoms with Gasteiger partial charge in [-0.15, -0.1) is 45.3 Å². The van der Waals surface area contributed by atoms with E-state index in [2.05, 4.69) is 325 Å². The molecule has 0 spiro atoms. The fourth-order valence-electron chi connectivity index (χ4n) is 18.1. The summed E-state index contributed by atoms with van der Waals surface area (Å²) in [5.41, 5.74) is 8.79. The van der Waals surface area contributed by atoms with Gasteiger partial charge < -0.3 is 18.6 Å². The topological polar surface area (TPSA) is 36.9 Å². The van der Waals surface area contributed by atoms with Crippen molar-refractivity contribution in [2.75, 3.05) is 0 Å². The molecular formula is C68H114B2O4S17Si4. The van der Waals surface area contributed by atoms with E-state index in [1.807, 2.05) is 22.7 Å². The van der Waals surface area contributed by atoms with Crippen molar-refractivity contribution in [2.45, 2.75) is 310 Å². The minimum absolute atomic E-state index is 0.446. The Hall–Kier alpha value is 1.98. The molecule has 0 amide bonds. The first-order chi connectivity index (χ1) is 43.8. The average Bonchev–Trinajstić information content (AvgIpc) is 1.54. The predicted molar refractivity (Wildman–Crippen MR) is 484 cm³/mol. The van der Waals surface area contributed by atoms with Gasteiger partial charge in [0.1, 0.15) is 32.3 Å². The standard InChI is InChI=1S/C40H68B2O4S2Si2.C28H46S2Si2.S7.S6/c1-23(2)49(24(3)4,25(5)6)31-21-29-33(41-43-37(13,14)38(15,16)44-41)36-30(22-32(48-36)50(26(7)8,27(9)10)28(11)12)34(35(29)47-31)42-45-39(17,18)40(19,20)46-42;1-17(2)31(18(3)4,19(5)6)27-15-23-13-26-24(14-25(23)29-27)16-28(30-26)32(20(7)8,21(9)10)22(11)12;1-3-5-7-6-4-2;1-3-5-6-4-2/h21-28H,1-20H3;13-22H,1-12H3;;. The van der Waals surface area contributed by atoms with Gasteiger partial charge >= 0.3 is 14.2 Å². The summed E-state index contributed by atoms with van der Waals surface area (Å²) in [4.78, 5) is 0. The molecule has 27 heteroatoms.